The van der Waals surface area contributed by atoms with Crippen molar-refractivity contribution in [2.75, 3.05) is 0 Å². The Morgan fingerprint density at radius 2 is 1.94 bits per heavy atom. The number of rotatable bonds is 6. The van der Waals surface area contributed by atoms with Gasteiger partial charge in [-0.25, -0.2) is 4.98 Å². The number of imidazole rings is 1. The van der Waals surface area contributed by atoms with Crippen LogP contribution in [0.4, 0.5) is 0 Å². The molecule has 0 unspecified atom stereocenters. The van der Waals surface area contributed by atoms with Gasteiger partial charge in [0.05, 0.1) is 28.0 Å². The van der Waals surface area contributed by atoms with Gasteiger partial charge in [0.15, 0.2) is 4.77 Å². The van der Waals surface area contributed by atoms with E-state index in [-0.39, 0.29) is 23.4 Å². The number of aromatic nitrogens is 4. The Morgan fingerprint density at radius 3 is 2.65 bits per heavy atom. The van der Waals surface area contributed by atoms with Crippen LogP contribution in [0.15, 0.2) is 47.3 Å². The number of nitrogens with one attached hydrogen (secondary N) is 3. The molecule has 0 aliphatic rings. The fourth-order valence-corrected chi connectivity index (χ4v) is 4.07. The minimum atomic E-state index is -0.271. The first-order chi connectivity index (χ1) is 14.9. The number of amides is 1. The van der Waals surface area contributed by atoms with E-state index in [9.17, 15) is 9.59 Å². The first-order valence-electron chi connectivity index (χ1n) is 10.4. The molecule has 160 valence electrons. The van der Waals surface area contributed by atoms with Gasteiger partial charge in [0.2, 0.25) is 0 Å². The van der Waals surface area contributed by atoms with Crippen LogP contribution in [0.5, 0.6) is 0 Å². The lowest BCUT2D eigenvalue weighted by molar-refractivity contribution is 0.0920. The molecule has 2 aromatic heterocycles. The second-order valence-corrected chi connectivity index (χ2v) is 8.10. The van der Waals surface area contributed by atoms with Crippen LogP contribution in [0.25, 0.3) is 21.9 Å². The molecule has 8 heteroatoms. The van der Waals surface area contributed by atoms with E-state index in [2.05, 4.69) is 34.1 Å². The molecule has 3 N–H and O–H groups in total. The first-order valence-corrected chi connectivity index (χ1v) is 10.9. The third-order valence-electron chi connectivity index (χ3n) is 5.76. The van der Waals surface area contributed by atoms with Gasteiger partial charge in [-0.15, -0.1) is 0 Å². The van der Waals surface area contributed by atoms with Crippen LogP contribution in [-0.2, 0) is 6.54 Å². The highest BCUT2D eigenvalue weighted by molar-refractivity contribution is 7.71. The molecule has 0 saturated carbocycles. The highest BCUT2D eigenvalue weighted by Crippen LogP contribution is 2.25. The molecule has 0 aliphatic heterocycles. The van der Waals surface area contributed by atoms with E-state index >= 15 is 0 Å². The Morgan fingerprint density at radius 1 is 1.16 bits per heavy atom. The van der Waals surface area contributed by atoms with E-state index in [1.54, 1.807) is 18.2 Å². The molecule has 7 nitrogen and oxygen atoms in total. The van der Waals surface area contributed by atoms with Crippen LogP contribution < -0.4 is 10.9 Å². The number of benzene rings is 2. The maximum atomic E-state index is 13.1. The van der Waals surface area contributed by atoms with Crippen molar-refractivity contribution in [1.29, 1.82) is 0 Å². The summed E-state index contributed by atoms with van der Waals surface area (Å²) in [7, 11) is 0. The molecule has 0 fully saturated rings. The minimum absolute atomic E-state index is 0.159. The van der Waals surface area contributed by atoms with E-state index < -0.39 is 0 Å². The first kappa shape index (κ1) is 21.0. The monoisotopic (exact) mass is 435 g/mol. The average molecular weight is 436 g/mol. The lowest BCUT2D eigenvalue weighted by Crippen LogP contribution is -2.33. The van der Waals surface area contributed by atoms with Crippen LogP contribution >= 0.6 is 12.2 Å². The van der Waals surface area contributed by atoms with E-state index in [4.69, 9.17) is 12.2 Å². The summed E-state index contributed by atoms with van der Waals surface area (Å²) < 4.78 is 1.84. The molecule has 0 aliphatic carbocycles. The van der Waals surface area contributed by atoms with Gasteiger partial charge in [0.25, 0.3) is 11.5 Å². The van der Waals surface area contributed by atoms with E-state index in [1.165, 1.54) is 4.57 Å². The van der Waals surface area contributed by atoms with E-state index in [1.807, 2.05) is 31.2 Å². The Kier molecular flexibility index (Phi) is 5.73. The van der Waals surface area contributed by atoms with Gasteiger partial charge < -0.3 is 15.3 Å². The summed E-state index contributed by atoms with van der Waals surface area (Å²) in [6.45, 7) is 6.52. The van der Waals surface area contributed by atoms with Gasteiger partial charge in [-0.3, -0.25) is 14.2 Å². The smallest absolute Gasteiger partial charge is 0.262 e. The fraction of sp³-hybridized carbons (Fsp3) is 0.304. The number of hydrogen-bond acceptors (Lipinski definition) is 4. The molecule has 0 radical (unpaired) electrons. The molecule has 2 heterocycles. The summed E-state index contributed by atoms with van der Waals surface area (Å²) in [5.41, 5.74) is 2.65. The third kappa shape index (κ3) is 3.90. The molecule has 0 spiro atoms. The number of carbonyl (C=O) groups is 1. The molecular formula is C23H25N5O2S. The zero-order chi connectivity index (χ0) is 22.1. The number of para-hydroxylation sites is 2. The van der Waals surface area contributed by atoms with Crippen molar-refractivity contribution in [1.82, 2.24) is 24.8 Å². The van der Waals surface area contributed by atoms with Gasteiger partial charge in [0, 0.05) is 12.1 Å². The van der Waals surface area contributed by atoms with Crippen molar-refractivity contribution < 1.29 is 4.79 Å². The summed E-state index contributed by atoms with van der Waals surface area (Å²) in [6.07, 6.45) is 0.878. The summed E-state index contributed by atoms with van der Waals surface area (Å²) in [4.78, 5) is 36.8. The zero-order valence-electron chi connectivity index (χ0n) is 17.7. The predicted molar refractivity (Wildman–Crippen MR) is 125 cm³/mol. The van der Waals surface area contributed by atoms with Crippen molar-refractivity contribution in [3.63, 3.8) is 0 Å². The largest absolute Gasteiger partial charge is 0.342 e. The summed E-state index contributed by atoms with van der Waals surface area (Å²) in [5, 5.41) is 3.62. The van der Waals surface area contributed by atoms with Crippen LogP contribution in [0.3, 0.4) is 0 Å². The molecule has 2 aromatic carbocycles. The van der Waals surface area contributed by atoms with Crippen LogP contribution in [0.1, 0.15) is 49.4 Å². The zero-order valence-corrected chi connectivity index (χ0v) is 18.5. The van der Waals surface area contributed by atoms with Gasteiger partial charge in [0.1, 0.15) is 5.82 Å². The topological polar surface area (TPSA) is 95.6 Å². The molecule has 2 atom stereocenters. The van der Waals surface area contributed by atoms with Crippen LogP contribution in [-0.4, -0.2) is 25.4 Å². The molecule has 4 rings (SSSR count). The van der Waals surface area contributed by atoms with Crippen molar-refractivity contribution in [2.24, 2.45) is 5.92 Å². The van der Waals surface area contributed by atoms with Crippen molar-refractivity contribution in [3.8, 4) is 0 Å². The number of carbonyl (C=O) groups excluding carboxylic acids is 1. The average Bonchev–Trinajstić information content (AvgIpc) is 3.20. The fourth-order valence-electron chi connectivity index (χ4n) is 3.74. The van der Waals surface area contributed by atoms with Crippen molar-refractivity contribution >= 4 is 40.1 Å². The predicted octanol–water partition coefficient (Wildman–Crippen LogP) is 4.47. The lowest BCUT2D eigenvalue weighted by atomic mass is 9.98. The summed E-state index contributed by atoms with van der Waals surface area (Å²) in [6, 6.07) is 12.5. The maximum Gasteiger partial charge on any atom is 0.262 e. The Hall–Kier alpha value is -3.26. The van der Waals surface area contributed by atoms with Gasteiger partial charge >= 0.3 is 0 Å². The molecular weight excluding hydrogens is 410 g/mol. The Bertz CT molecular complexity index is 1350. The molecule has 0 saturated heterocycles. The second kappa shape index (κ2) is 8.47. The van der Waals surface area contributed by atoms with Crippen LogP contribution in [0.2, 0.25) is 0 Å². The lowest BCUT2D eigenvalue weighted by Gasteiger charge is -2.22. The van der Waals surface area contributed by atoms with Gasteiger partial charge in [-0.2, -0.15) is 0 Å². The molecule has 1 amide bonds. The van der Waals surface area contributed by atoms with Gasteiger partial charge in [-0.1, -0.05) is 32.4 Å². The second-order valence-electron chi connectivity index (χ2n) is 7.72. The number of fused-ring (bicyclic) bond motifs is 2. The highest BCUT2D eigenvalue weighted by Gasteiger charge is 2.24. The summed E-state index contributed by atoms with van der Waals surface area (Å²) >= 11 is 5.28. The third-order valence-corrected chi connectivity index (χ3v) is 6.08. The highest BCUT2D eigenvalue weighted by atomic mass is 32.1. The Labute approximate surface area is 184 Å². The Balaban J connectivity index is 1.69. The number of hydrogen-bond donors (Lipinski definition) is 3. The molecule has 0 bridgehead atoms. The summed E-state index contributed by atoms with van der Waals surface area (Å²) in [5.74, 6) is 0.675. The number of aromatic amines is 2. The van der Waals surface area contributed by atoms with Gasteiger partial charge in [-0.05, 0) is 55.4 Å². The SMILES string of the molecule is CC[C@H](C)[C@H](NC(=O)c1ccc2c(=O)n(CC)c(=S)[nH]c2c1)c1nc2ccccc2[nH]1. The number of nitrogens with zero attached hydrogens (tertiary/aromatic N) is 2. The molecule has 31 heavy (non-hydrogen) atoms. The maximum absolute atomic E-state index is 13.1. The standard InChI is InChI=1S/C23H25N5O2S/c1-4-13(3)19(20-24-16-8-6-7-9-17(16)25-20)27-21(29)14-10-11-15-18(12-14)26-23(31)28(5-2)22(15)30/h6-13,19H,4-5H2,1-3H3,(H,24,25)(H,26,31)(H,27,29)/t13-,19-/m0/s1. The van der Waals surface area contributed by atoms with E-state index in [0.29, 0.717) is 27.8 Å². The van der Waals surface area contributed by atoms with E-state index in [0.717, 1.165) is 23.3 Å². The quantitative estimate of drug-likeness (QED) is 0.389. The molecule has 4 aromatic rings. The van der Waals surface area contributed by atoms with Crippen molar-refractivity contribution in [3.05, 3.63) is 69.0 Å². The number of H-pyrrole nitrogens is 2. The normalized spacial score (nSPS) is 13.4. The van der Waals surface area contributed by atoms with Crippen molar-refractivity contribution in [2.45, 2.75) is 39.8 Å². The minimum Gasteiger partial charge on any atom is -0.342 e. The van der Waals surface area contributed by atoms with Crippen LogP contribution in [0, 0.1) is 10.7 Å².